The van der Waals surface area contributed by atoms with E-state index < -0.39 is 6.36 Å². The summed E-state index contributed by atoms with van der Waals surface area (Å²) in [6.45, 7) is 4.03. The van der Waals surface area contributed by atoms with Crippen molar-refractivity contribution in [3.05, 3.63) is 78.0 Å². The molecule has 2 heterocycles. The second-order valence-electron chi connectivity index (χ2n) is 8.48. The number of aldehydes is 1. The molecule has 37 heavy (non-hydrogen) atoms. The predicted molar refractivity (Wildman–Crippen MR) is 127 cm³/mol. The van der Waals surface area contributed by atoms with Gasteiger partial charge in [0.15, 0.2) is 18.7 Å². The van der Waals surface area contributed by atoms with Crippen LogP contribution in [0.1, 0.15) is 34.7 Å². The zero-order chi connectivity index (χ0) is 26.6. The summed E-state index contributed by atoms with van der Waals surface area (Å²) < 4.78 is 52.6. The first-order valence-corrected chi connectivity index (χ1v) is 11.3. The zero-order valence-corrected chi connectivity index (χ0v) is 19.9. The van der Waals surface area contributed by atoms with E-state index in [0.29, 0.717) is 46.7 Å². The van der Waals surface area contributed by atoms with Gasteiger partial charge >= 0.3 is 6.36 Å². The lowest BCUT2D eigenvalue weighted by molar-refractivity contribution is -0.274. The summed E-state index contributed by atoms with van der Waals surface area (Å²) in [7, 11) is 1.80. The monoisotopic (exact) mass is 515 g/mol. The number of benzene rings is 2. The van der Waals surface area contributed by atoms with Crippen LogP contribution in [0.3, 0.4) is 0 Å². The molecule has 4 rings (SSSR count). The number of hydrogen-bond donors (Lipinski definition) is 1. The third kappa shape index (κ3) is 6.56. The Morgan fingerprint density at radius 2 is 2.00 bits per heavy atom. The highest BCUT2D eigenvalue weighted by Crippen LogP contribution is 2.29. The first kappa shape index (κ1) is 26.0. The summed E-state index contributed by atoms with van der Waals surface area (Å²) in [6.07, 6.45) is -1.32. The number of nitrogens with zero attached hydrogens (tertiary/aromatic N) is 2. The van der Waals surface area contributed by atoms with E-state index in [1.807, 2.05) is 4.90 Å². The molecule has 1 fully saturated rings. The molecule has 1 unspecified atom stereocenters. The predicted octanol–water partition coefficient (Wildman–Crippen LogP) is 4.86. The van der Waals surface area contributed by atoms with Gasteiger partial charge in [-0.1, -0.05) is 18.7 Å². The van der Waals surface area contributed by atoms with Crippen molar-refractivity contribution >= 4 is 12.2 Å². The summed E-state index contributed by atoms with van der Waals surface area (Å²) >= 11 is 0. The van der Waals surface area contributed by atoms with Gasteiger partial charge in [-0.25, -0.2) is 4.98 Å². The van der Waals surface area contributed by atoms with E-state index in [1.54, 1.807) is 25.2 Å². The Hall–Kier alpha value is -4.12. The number of oxazole rings is 1. The lowest BCUT2D eigenvalue weighted by Crippen LogP contribution is -2.47. The van der Waals surface area contributed by atoms with Crippen LogP contribution in [0.4, 0.5) is 13.2 Å². The fourth-order valence-corrected chi connectivity index (χ4v) is 4.01. The van der Waals surface area contributed by atoms with Crippen molar-refractivity contribution in [1.82, 2.24) is 15.2 Å². The Balaban J connectivity index is 1.44. The standard InChI is InChI=1S/C26H24F3N3O5/c1-16-6-11-21(25(34)31-16)32(2)13-20-18(14-33)4-3-5-22(20)35-15-24-30-12-23(36-24)17-7-9-19(10-8-17)37-26(27,28)29/h3-5,7-10,12,14,21H,1,6,11,13,15H2,2H3,(H,31,34). The molecule has 2 aromatic carbocycles. The van der Waals surface area contributed by atoms with Crippen LogP contribution in [0.25, 0.3) is 11.3 Å². The van der Waals surface area contributed by atoms with Crippen LogP contribution in [0, 0.1) is 0 Å². The van der Waals surface area contributed by atoms with Crippen molar-refractivity contribution in [2.45, 2.75) is 38.4 Å². The van der Waals surface area contributed by atoms with Gasteiger partial charge in [0.1, 0.15) is 11.5 Å². The average molecular weight is 515 g/mol. The lowest BCUT2D eigenvalue weighted by atomic mass is 10.0. The molecule has 0 radical (unpaired) electrons. The van der Waals surface area contributed by atoms with Gasteiger partial charge in [-0.3, -0.25) is 14.5 Å². The van der Waals surface area contributed by atoms with Gasteiger partial charge in [0.25, 0.3) is 0 Å². The van der Waals surface area contributed by atoms with Crippen molar-refractivity contribution in [3.8, 4) is 22.8 Å². The van der Waals surface area contributed by atoms with Gasteiger partial charge in [0.05, 0.1) is 12.2 Å². The number of alkyl halides is 3. The molecule has 0 bridgehead atoms. The van der Waals surface area contributed by atoms with Crippen LogP contribution in [-0.2, 0) is 17.9 Å². The third-order valence-corrected chi connectivity index (χ3v) is 5.84. The molecule has 0 spiro atoms. The van der Waals surface area contributed by atoms with Crippen LogP contribution in [0.15, 0.2) is 65.4 Å². The van der Waals surface area contributed by atoms with Crippen LogP contribution >= 0.6 is 0 Å². The van der Waals surface area contributed by atoms with Crippen molar-refractivity contribution in [3.63, 3.8) is 0 Å². The number of hydrogen-bond acceptors (Lipinski definition) is 7. The maximum atomic E-state index is 12.4. The molecule has 1 atom stereocenters. The van der Waals surface area contributed by atoms with Gasteiger partial charge in [-0.05, 0) is 50.2 Å². The van der Waals surface area contributed by atoms with E-state index in [1.165, 1.54) is 30.5 Å². The summed E-state index contributed by atoms with van der Waals surface area (Å²) in [4.78, 5) is 30.1. The third-order valence-electron chi connectivity index (χ3n) is 5.84. The molecule has 1 amide bonds. The Morgan fingerprint density at radius 3 is 2.68 bits per heavy atom. The normalized spacial score (nSPS) is 16.0. The number of likely N-dealkylation sites (N-methyl/N-ethyl adjacent to an activating group) is 1. The number of nitrogens with one attached hydrogen (secondary N) is 1. The van der Waals surface area contributed by atoms with E-state index in [-0.39, 0.29) is 36.7 Å². The number of rotatable bonds is 9. The molecule has 0 saturated carbocycles. The highest BCUT2D eigenvalue weighted by atomic mass is 19.4. The Kier molecular flexibility index (Phi) is 7.63. The largest absolute Gasteiger partial charge is 0.573 e. The molecule has 1 aliphatic rings. The molecular formula is C26H24F3N3O5. The van der Waals surface area contributed by atoms with E-state index in [9.17, 15) is 22.8 Å². The van der Waals surface area contributed by atoms with Gasteiger partial charge in [-0.2, -0.15) is 0 Å². The summed E-state index contributed by atoms with van der Waals surface area (Å²) in [5.74, 6) is 0.512. The molecule has 194 valence electrons. The van der Waals surface area contributed by atoms with Gasteiger partial charge < -0.3 is 19.2 Å². The summed E-state index contributed by atoms with van der Waals surface area (Å²) in [5.41, 5.74) is 2.23. The van der Waals surface area contributed by atoms with E-state index in [0.717, 1.165) is 6.29 Å². The number of carbonyl (C=O) groups excluding carboxylic acids is 2. The SMILES string of the molecule is C=C1CCC(N(C)Cc2c(C=O)cccc2OCc2ncc(-c3ccc(OC(F)(F)F)cc3)o2)C(=O)N1. The minimum absolute atomic E-state index is 0.0575. The van der Waals surface area contributed by atoms with Crippen molar-refractivity contribution < 1.29 is 36.7 Å². The lowest BCUT2D eigenvalue weighted by Gasteiger charge is -2.31. The number of carbonyl (C=O) groups is 2. The number of halogens is 3. The molecule has 1 saturated heterocycles. The van der Waals surface area contributed by atoms with Gasteiger partial charge in [-0.15, -0.1) is 13.2 Å². The van der Waals surface area contributed by atoms with Crippen molar-refractivity contribution in [2.75, 3.05) is 7.05 Å². The van der Waals surface area contributed by atoms with E-state index in [4.69, 9.17) is 9.15 Å². The Bertz CT molecular complexity index is 1290. The minimum Gasteiger partial charge on any atom is -0.484 e. The zero-order valence-electron chi connectivity index (χ0n) is 19.9. The number of ether oxygens (including phenoxy) is 2. The maximum absolute atomic E-state index is 12.4. The van der Waals surface area contributed by atoms with E-state index >= 15 is 0 Å². The highest BCUT2D eigenvalue weighted by molar-refractivity contribution is 5.84. The molecule has 1 aromatic heterocycles. The summed E-state index contributed by atoms with van der Waals surface area (Å²) in [6, 6.07) is 9.89. The topological polar surface area (TPSA) is 93.9 Å². The molecule has 11 heteroatoms. The number of aromatic nitrogens is 1. The van der Waals surface area contributed by atoms with Gasteiger partial charge in [0.2, 0.25) is 11.8 Å². The second-order valence-corrected chi connectivity index (χ2v) is 8.48. The molecular weight excluding hydrogens is 491 g/mol. The Morgan fingerprint density at radius 1 is 1.24 bits per heavy atom. The highest BCUT2D eigenvalue weighted by Gasteiger charge is 2.31. The average Bonchev–Trinajstić information content (AvgIpc) is 3.31. The Labute approximate surface area is 210 Å². The number of allylic oxidation sites excluding steroid dienone is 1. The van der Waals surface area contributed by atoms with E-state index in [2.05, 4.69) is 21.6 Å². The molecule has 0 aliphatic carbocycles. The molecule has 1 aliphatic heterocycles. The number of piperidine rings is 1. The first-order valence-electron chi connectivity index (χ1n) is 11.3. The first-order chi connectivity index (χ1) is 17.6. The van der Waals surface area contributed by atoms with Crippen LogP contribution < -0.4 is 14.8 Å². The fourth-order valence-electron chi connectivity index (χ4n) is 4.01. The molecule has 3 aromatic rings. The van der Waals surface area contributed by atoms with Crippen LogP contribution in [-0.4, -0.2) is 41.5 Å². The van der Waals surface area contributed by atoms with Crippen LogP contribution in [0.2, 0.25) is 0 Å². The van der Waals surface area contributed by atoms with Crippen molar-refractivity contribution in [1.29, 1.82) is 0 Å². The smallest absolute Gasteiger partial charge is 0.484 e. The second kappa shape index (κ2) is 10.9. The maximum Gasteiger partial charge on any atom is 0.573 e. The van der Waals surface area contributed by atoms with Crippen molar-refractivity contribution in [2.24, 2.45) is 0 Å². The quantitative estimate of drug-likeness (QED) is 0.407. The molecule has 1 N–H and O–H groups in total. The fraction of sp³-hybridized carbons (Fsp3) is 0.269. The summed E-state index contributed by atoms with van der Waals surface area (Å²) in [5, 5.41) is 2.76. The van der Waals surface area contributed by atoms with Gasteiger partial charge in [0, 0.05) is 28.9 Å². The number of amides is 1. The van der Waals surface area contributed by atoms with Crippen LogP contribution in [0.5, 0.6) is 11.5 Å². The molecule has 8 nitrogen and oxygen atoms in total. The minimum atomic E-state index is -4.77.